The first-order valence-electron chi connectivity index (χ1n) is 11.1. The summed E-state index contributed by atoms with van der Waals surface area (Å²) in [6.45, 7) is 12.7. The van der Waals surface area contributed by atoms with Gasteiger partial charge in [-0.15, -0.1) is 0 Å². The number of nitrogens with zero attached hydrogens (tertiary/aromatic N) is 6. The van der Waals surface area contributed by atoms with Gasteiger partial charge >= 0.3 is 0 Å². The highest BCUT2D eigenvalue weighted by Crippen LogP contribution is 2.24. The lowest BCUT2D eigenvalue weighted by Gasteiger charge is -2.40. The highest BCUT2D eigenvalue weighted by Gasteiger charge is 2.28. The third-order valence-corrected chi connectivity index (χ3v) is 6.92. The van der Waals surface area contributed by atoms with Crippen molar-refractivity contribution in [3.05, 3.63) is 11.2 Å². The first kappa shape index (κ1) is 24.1. The average Bonchev–Trinajstić information content (AvgIpc) is 2.77. The molecule has 3 rings (SSSR count). The van der Waals surface area contributed by atoms with Crippen molar-refractivity contribution in [1.29, 1.82) is 0 Å². The van der Waals surface area contributed by atoms with Gasteiger partial charge in [-0.25, -0.2) is 9.97 Å². The number of thioether (sulfide) groups is 1. The van der Waals surface area contributed by atoms with Crippen molar-refractivity contribution in [2.75, 3.05) is 63.0 Å². The summed E-state index contributed by atoms with van der Waals surface area (Å²) in [6, 6.07) is 1.87. The number of likely N-dealkylation sites (N-methyl/N-ethyl adjacent to an activating group) is 1. The maximum atomic E-state index is 12.6. The largest absolute Gasteiger partial charge is 0.353 e. The quantitative estimate of drug-likeness (QED) is 0.345. The van der Waals surface area contributed by atoms with Crippen molar-refractivity contribution in [2.45, 2.75) is 44.8 Å². The van der Waals surface area contributed by atoms with Crippen LogP contribution in [0.3, 0.4) is 0 Å². The van der Waals surface area contributed by atoms with Crippen LogP contribution < -0.4 is 4.90 Å². The van der Waals surface area contributed by atoms with E-state index in [-0.39, 0.29) is 17.9 Å². The lowest BCUT2D eigenvalue weighted by atomic mass is 10.1. The Labute approximate surface area is 194 Å². The Balaban J connectivity index is 1.57. The van der Waals surface area contributed by atoms with Crippen LogP contribution in [0.15, 0.2) is 11.2 Å². The summed E-state index contributed by atoms with van der Waals surface area (Å²) >= 11 is 7.60. The molecule has 10 heteroatoms. The minimum atomic E-state index is 0.112. The third kappa shape index (κ3) is 6.46. The van der Waals surface area contributed by atoms with Crippen molar-refractivity contribution >= 4 is 41.0 Å². The highest BCUT2D eigenvalue weighted by atomic mass is 35.5. The van der Waals surface area contributed by atoms with Crippen LogP contribution in [0.2, 0.25) is 5.15 Å². The van der Waals surface area contributed by atoms with Crippen LogP contribution in [0.1, 0.15) is 33.6 Å². The molecule has 0 spiro atoms. The lowest BCUT2D eigenvalue weighted by Crippen LogP contribution is -2.54. The molecule has 0 bridgehead atoms. The fourth-order valence-electron chi connectivity index (χ4n) is 4.04. The van der Waals surface area contributed by atoms with E-state index in [9.17, 15) is 9.59 Å². The molecule has 1 aromatic rings. The Morgan fingerprint density at radius 2 is 1.84 bits per heavy atom. The molecule has 8 nitrogen and oxygen atoms in total. The number of aromatic nitrogens is 2. The zero-order valence-electron chi connectivity index (χ0n) is 18.7. The summed E-state index contributed by atoms with van der Waals surface area (Å²) < 4.78 is 0. The van der Waals surface area contributed by atoms with Gasteiger partial charge in [0.15, 0.2) is 5.16 Å². The Morgan fingerprint density at radius 1 is 1.10 bits per heavy atom. The first-order chi connectivity index (χ1) is 14.9. The molecule has 1 aromatic heterocycles. The molecular weight excluding hydrogens is 436 g/mol. The zero-order chi connectivity index (χ0) is 22.4. The van der Waals surface area contributed by atoms with Crippen LogP contribution in [0.5, 0.6) is 0 Å². The van der Waals surface area contributed by atoms with Crippen molar-refractivity contribution in [3.8, 4) is 0 Å². The van der Waals surface area contributed by atoms with Gasteiger partial charge in [0, 0.05) is 64.3 Å². The van der Waals surface area contributed by atoms with Crippen LogP contribution in [-0.2, 0) is 9.59 Å². The topological polar surface area (TPSA) is 72.9 Å². The summed E-state index contributed by atoms with van der Waals surface area (Å²) in [5, 5.41) is 0.883. The van der Waals surface area contributed by atoms with Crippen LogP contribution in [0, 0.1) is 0 Å². The van der Waals surface area contributed by atoms with Crippen LogP contribution >= 0.6 is 23.4 Å². The molecule has 0 aliphatic carbocycles. The number of hydrogen-bond donors (Lipinski definition) is 0. The van der Waals surface area contributed by atoms with Crippen molar-refractivity contribution in [2.24, 2.45) is 0 Å². The molecule has 2 saturated heterocycles. The minimum Gasteiger partial charge on any atom is -0.353 e. The Morgan fingerprint density at radius 3 is 2.48 bits per heavy atom. The number of anilines is 1. The first-order valence-corrected chi connectivity index (χ1v) is 12.5. The van der Waals surface area contributed by atoms with Gasteiger partial charge < -0.3 is 19.6 Å². The number of hydrogen-bond acceptors (Lipinski definition) is 7. The molecule has 172 valence electrons. The maximum Gasteiger partial charge on any atom is 0.233 e. The molecule has 0 N–H and O–H groups in total. The van der Waals surface area contributed by atoms with Gasteiger partial charge in [-0.05, 0) is 19.9 Å². The molecule has 1 atom stereocenters. The van der Waals surface area contributed by atoms with Crippen molar-refractivity contribution < 1.29 is 9.59 Å². The number of carbonyl (C=O) groups is 2. The SMILES string of the molecule is CCCC(=O)N1CCN(c2cc(Cl)nc(SCC(=O)N3CCN(CC)CC3)n2)CC1C. The summed E-state index contributed by atoms with van der Waals surface area (Å²) in [5.74, 6) is 1.38. The third-order valence-electron chi connectivity index (χ3n) is 5.89. The van der Waals surface area contributed by atoms with Crippen molar-refractivity contribution in [3.63, 3.8) is 0 Å². The average molecular weight is 469 g/mol. The van der Waals surface area contributed by atoms with E-state index in [1.165, 1.54) is 11.8 Å². The number of halogens is 1. The molecule has 0 radical (unpaired) electrons. The van der Waals surface area contributed by atoms with E-state index in [0.717, 1.165) is 45.0 Å². The van der Waals surface area contributed by atoms with Gasteiger partial charge in [0.1, 0.15) is 11.0 Å². The summed E-state index contributed by atoms with van der Waals surface area (Å²) in [6.07, 6.45) is 1.45. The second-order valence-electron chi connectivity index (χ2n) is 8.07. The number of piperazine rings is 2. The van der Waals surface area contributed by atoms with Gasteiger partial charge in [0.25, 0.3) is 0 Å². The Bertz CT molecular complexity index is 774. The fraction of sp³-hybridized carbons (Fsp3) is 0.714. The van der Waals surface area contributed by atoms with E-state index in [1.807, 2.05) is 16.7 Å². The fourth-order valence-corrected chi connectivity index (χ4v) is 5.02. The van der Waals surface area contributed by atoms with Crippen molar-refractivity contribution in [1.82, 2.24) is 24.7 Å². The van der Waals surface area contributed by atoms with E-state index in [1.54, 1.807) is 6.07 Å². The van der Waals surface area contributed by atoms with E-state index >= 15 is 0 Å². The molecule has 2 aliphatic heterocycles. The normalized spacial score (nSPS) is 20.3. The minimum absolute atomic E-state index is 0.112. The second-order valence-corrected chi connectivity index (χ2v) is 9.40. The van der Waals surface area contributed by atoms with Gasteiger partial charge in [0.05, 0.1) is 5.75 Å². The highest BCUT2D eigenvalue weighted by molar-refractivity contribution is 7.99. The molecule has 1 unspecified atom stereocenters. The van der Waals surface area contributed by atoms with Gasteiger partial charge in [-0.3, -0.25) is 9.59 Å². The molecular formula is C21H33ClN6O2S. The number of carbonyl (C=O) groups excluding carboxylic acids is 2. The van der Waals surface area contributed by atoms with E-state index in [2.05, 4.69) is 33.6 Å². The monoisotopic (exact) mass is 468 g/mol. The molecule has 2 amide bonds. The van der Waals surface area contributed by atoms with Gasteiger partial charge in [-0.2, -0.15) is 0 Å². The Kier molecular flexibility index (Phi) is 8.80. The Hall–Kier alpha value is -1.58. The van der Waals surface area contributed by atoms with Crippen LogP contribution in [-0.4, -0.2) is 101 Å². The van der Waals surface area contributed by atoms with Crippen LogP contribution in [0.25, 0.3) is 0 Å². The predicted octanol–water partition coefficient (Wildman–Crippen LogP) is 2.22. The lowest BCUT2D eigenvalue weighted by molar-refractivity contribution is -0.133. The molecule has 2 aliphatic rings. The molecule has 2 fully saturated rings. The van der Waals surface area contributed by atoms with Gasteiger partial charge in [0.2, 0.25) is 11.8 Å². The number of amides is 2. The van der Waals surface area contributed by atoms with Gasteiger partial charge in [-0.1, -0.05) is 37.2 Å². The zero-order valence-corrected chi connectivity index (χ0v) is 20.3. The molecule has 0 aromatic carbocycles. The van der Waals surface area contributed by atoms with E-state index in [0.29, 0.717) is 42.1 Å². The molecule has 0 saturated carbocycles. The predicted molar refractivity (Wildman–Crippen MR) is 125 cm³/mol. The summed E-state index contributed by atoms with van der Waals surface area (Å²) in [5.41, 5.74) is 0. The second kappa shape index (κ2) is 11.3. The summed E-state index contributed by atoms with van der Waals surface area (Å²) in [4.78, 5) is 42.2. The van der Waals surface area contributed by atoms with E-state index in [4.69, 9.17) is 11.6 Å². The summed E-state index contributed by atoms with van der Waals surface area (Å²) in [7, 11) is 0. The van der Waals surface area contributed by atoms with Crippen LogP contribution in [0.4, 0.5) is 5.82 Å². The molecule has 3 heterocycles. The maximum absolute atomic E-state index is 12.6. The standard InChI is InChI=1S/C21H33ClN6O2S/c1-4-6-19(29)28-12-11-27(14-16(28)3)18-13-17(22)23-21(24-18)31-15-20(30)26-9-7-25(5-2)8-10-26/h13,16H,4-12,14-15H2,1-3H3. The number of rotatable bonds is 7. The smallest absolute Gasteiger partial charge is 0.233 e. The van der Waals surface area contributed by atoms with E-state index < -0.39 is 0 Å². The molecule has 31 heavy (non-hydrogen) atoms.